The van der Waals surface area contributed by atoms with Gasteiger partial charge in [-0.25, -0.2) is 0 Å². The number of aliphatic hydroxyl groups is 2. The molecule has 3 nitrogen and oxygen atoms in total. The number of ether oxygens (including phenoxy) is 1. The zero-order chi connectivity index (χ0) is 7.72. The lowest BCUT2D eigenvalue weighted by atomic mass is 10.00. The van der Waals surface area contributed by atoms with E-state index in [1.54, 1.807) is 0 Å². The van der Waals surface area contributed by atoms with Gasteiger partial charge in [0.05, 0.1) is 18.8 Å². The second kappa shape index (κ2) is 2.86. The van der Waals surface area contributed by atoms with Crippen LogP contribution < -0.4 is 0 Å². The van der Waals surface area contributed by atoms with Crippen LogP contribution in [0, 0.1) is 5.92 Å². The molecule has 1 aliphatic rings. The summed E-state index contributed by atoms with van der Waals surface area (Å²) in [5, 5.41) is 18.0. The minimum absolute atomic E-state index is 0.0622. The van der Waals surface area contributed by atoms with Crippen molar-refractivity contribution in [1.29, 1.82) is 0 Å². The van der Waals surface area contributed by atoms with E-state index in [1.165, 1.54) is 0 Å². The van der Waals surface area contributed by atoms with Crippen molar-refractivity contribution in [2.24, 2.45) is 5.92 Å². The van der Waals surface area contributed by atoms with Gasteiger partial charge in [0.1, 0.15) is 6.10 Å². The van der Waals surface area contributed by atoms with E-state index in [4.69, 9.17) is 9.84 Å². The van der Waals surface area contributed by atoms with Crippen LogP contribution in [-0.2, 0) is 4.74 Å². The van der Waals surface area contributed by atoms with Crippen LogP contribution in [0.5, 0.6) is 0 Å². The summed E-state index contributed by atoms with van der Waals surface area (Å²) in [6.07, 6.45) is -0.808. The van der Waals surface area contributed by atoms with Gasteiger partial charge in [0, 0.05) is 5.92 Å². The van der Waals surface area contributed by atoms with Crippen LogP contribution in [0.1, 0.15) is 13.8 Å². The van der Waals surface area contributed by atoms with E-state index < -0.39 is 6.10 Å². The van der Waals surface area contributed by atoms with Crippen LogP contribution >= 0.6 is 0 Å². The second-order valence-corrected chi connectivity index (χ2v) is 2.91. The molecule has 0 unspecified atom stereocenters. The highest BCUT2D eigenvalue weighted by molar-refractivity contribution is 4.85. The number of aliphatic hydroxyl groups excluding tert-OH is 2. The molecule has 3 heteroatoms. The third kappa shape index (κ3) is 1.17. The monoisotopic (exact) mass is 146 g/mol. The van der Waals surface area contributed by atoms with Gasteiger partial charge in [0.25, 0.3) is 0 Å². The highest BCUT2D eigenvalue weighted by Gasteiger charge is 2.37. The highest BCUT2D eigenvalue weighted by atomic mass is 16.5. The number of hydrogen-bond donors (Lipinski definition) is 2. The van der Waals surface area contributed by atoms with Gasteiger partial charge in [-0.15, -0.1) is 0 Å². The Morgan fingerprint density at radius 3 is 2.20 bits per heavy atom. The molecule has 0 saturated carbocycles. The Labute approximate surface area is 60.6 Å². The predicted octanol–water partition coefficient (Wildman–Crippen LogP) is -0.237. The zero-order valence-corrected chi connectivity index (χ0v) is 6.32. The van der Waals surface area contributed by atoms with Gasteiger partial charge in [-0.2, -0.15) is 0 Å². The van der Waals surface area contributed by atoms with Crippen molar-refractivity contribution >= 4 is 0 Å². The van der Waals surface area contributed by atoms with E-state index in [9.17, 15) is 5.11 Å². The van der Waals surface area contributed by atoms with Gasteiger partial charge in [0.2, 0.25) is 0 Å². The van der Waals surface area contributed by atoms with Crippen molar-refractivity contribution in [2.75, 3.05) is 6.61 Å². The molecule has 0 aromatic heterocycles. The molecule has 0 radical (unpaired) electrons. The first-order valence-electron chi connectivity index (χ1n) is 3.61. The molecule has 1 rings (SSSR count). The normalized spacial score (nSPS) is 48.0. The molecule has 1 fully saturated rings. The summed E-state index contributed by atoms with van der Waals surface area (Å²) in [5.41, 5.74) is 0. The average molecular weight is 146 g/mol. The van der Waals surface area contributed by atoms with E-state index in [0.29, 0.717) is 0 Å². The maximum atomic E-state index is 9.34. The maximum Gasteiger partial charge on any atom is 0.107 e. The molecule has 1 saturated heterocycles. The summed E-state index contributed by atoms with van der Waals surface area (Å²) in [7, 11) is 0. The van der Waals surface area contributed by atoms with Crippen LogP contribution in [0.25, 0.3) is 0 Å². The van der Waals surface area contributed by atoms with Crippen LogP contribution in [0.15, 0.2) is 0 Å². The lowest BCUT2D eigenvalue weighted by Crippen LogP contribution is -2.28. The molecule has 1 aliphatic heterocycles. The Kier molecular flexibility index (Phi) is 2.28. The summed E-state index contributed by atoms with van der Waals surface area (Å²) in [5.74, 6) is 0.136. The Hall–Kier alpha value is -0.120. The Balaban J connectivity index is 2.53. The van der Waals surface area contributed by atoms with E-state index in [1.807, 2.05) is 13.8 Å². The third-order valence-corrected chi connectivity index (χ3v) is 2.23. The topological polar surface area (TPSA) is 49.7 Å². The fourth-order valence-corrected chi connectivity index (χ4v) is 1.25. The Bertz CT molecular complexity index is 115. The molecule has 2 N–H and O–H groups in total. The summed E-state index contributed by atoms with van der Waals surface area (Å²) in [6, 6.07) is 0. The molecule has 0 aliphatic carbocycles. The average Bonchev–Trinajstić information content (AvgIpc) is 2.17. The molecule has 60 valence electrons. The van der Waals surface area contributed by atoms with Gasteiger partial charge >= 0.3 is 0 Å². The molecule has 0 aromatic carbocycles. The first-order valence-corrected chi connectivity index (χ1v) is 3.61. The van der Waals surface area contributed by atoms with Gasteiger partial charge in [0.15, 0.2) is 0 Å². The molecule has 0 aromatic rings. The van der Waals surface area contributed by atoms with Gasteiger partial charge in [-0.3, -0.25) is 0 Å². The van der Waals surface area contributed by atoms with E-state index in [2.05, 4.69) is 0 Å². The van der Waals surface area contributed by atoms with Crippen molar-refractivity contribution < 1.29 is 14.9 Å². The molecular formula is C7H14O3. The molecule has 0 amide bonds. The molecule has 0 spiro atoms. The standard InChI is InChI=1S/C7H14O3/c1-4-5(2)10-6(3-8)7(4)9/h4-9H,3H2,1-2H3/t4-,5-,6+,7-/m0/s1. The quantitative estimate of drug-likeness (QED) is 0.537. The molecule has 10 heavy (non-hydrogen) atoms. The lowest BCUT2D eigenvalue weighted by molar-refractivity contribution is -0.0170. The lowest BCUT2D eigenvalue weighted by Gasteiger charge is -2.11. The first-order chi connectivity index (χ1) is 4.66. The van der Waals surface area contributed by atoms with Crippen LogP contribution in [0.4, 0.5) is 0 Å². The van der Waals surface area contributed by atoms with Gasteiger partial charge in [-0.05, 0) is 6.92 Å². The third-order valence-electron chi connectivity index (χ3n) is 2.23. The smallest absolute Gasteiger partial charge is 0.107 e. The van der Waals surface area contributed by atoms with Crippen LogP contribution in [0.2, 0.25) is 0 Å². The van der Waals surface area contributed by atoms with Crippen LogP contribution in [0.3, 0.4) is 0 Å². The summed E-state index contributed by atoms with van der Waals surface area (Å²) >= 11 is 0. The molecular weight excluding hydrogens is 132 g/mol. The molecule has 0 bridgehead atoms. The first kappa shape index (κ1) is 7.98. The maximum absolute atomic E-state index is 9.34. The van der Waals surface area contributed by atoms with E-state index >= 15 is 0 Å². The number of rotatable bonds is 1. The van der Waals surface area contributed by atoms with Crippen molar-refractivity contribution in [3.8, 4) is 0 Å². The highest BCUT2D eigenvalue weighted by Crippen LogP contribution is 2.25. The van der Waals surface area contributed by atoms with E-state index in [-0.39, 0.29) is 24.7 Å². The minimum Gasteiger partial charge on any atom is -0.394 e. The fourth-order valence-electron chi connectivity index (χ4n) is 1.25. The molecule has 1 heterocycles. The predicted molar refractivity (Wildman–Crippen MR) is 36.6 cm³/mol. The zero-order valence-electron chi connectivity index (χ0n) is 6.32. The SMILES string of the molecule is C[C@@H]1[C@H](O)[C@@H](CO)O[C@H]1C. The summed E-state index contributed by atoms with van der Waals surface area (Å²) in [6.45, 7) is 3.74. The fraction of sp³-hybridized carbons (Fsp3) is 1.00. The summed E-state index contributed by atoms with van der Waals surface area (Å²) in [4.78, 5) is 0. The summed E-state index contributed by atoms with van der Waals surface area (Å²) < 4.78 is 5.23. The van der Waals surface area contributed by atoms with Crippen LogP contribution in [-0.4, -0.2) is 35.1 Å². The molecule has 4 atom stereocenters. The number of hydrogen-bond acceptors (Lipinski definition) is 3. The second-order valence-electron chi connectivity index (χ2n) is 2.91. The van der Waals surface area contributed by atoms with Crippen molar-refractivity contribution in [3.05, 3.63) is 0 Å². The Morgan fingerprint density at radius 2 is 2.00 bits per heavy atom. The van der Waals surface area contributed by atoms with Crippen molar-refractivity contribution in [1.82, 2.24) is 0 Å². The van der Waals surface area contributed by atoms with Gasteiger partial charge < -0.3 is 14.9 Å². The van der Waals surface area contributed by atoms with Gasteiger partial charge in [-0.1, -0.05) is 6.92 Å². The minimum atomic E-state index is -0.500. The van der Waals surface area contributed by atoms with Crippen molar-refractivity contribution in [3.63, 3.8) is 0 Å². The van der Waals surface area contributed by atoms with E-state index in [0.717, 1.165) is 0 Å². The Morgan fingerprint density at radius 1 is 1.40 bits per heavy atom. The largest absolute Gasteiger partial charge is 0.394 e. The van der Waals surface area contributed by atoms with Crippen molar-refractivity contribution in [2.45, 2.75) is 32.2 Å².